The molecule has 0 aliphatic heterocycles. The van der Waals surface area contributed by atoms with Gasteiger partial charge in [-0.2, -0.15) is 5.26 Å². The van der Waals surface area contributed by atoms with Crippen molar-refractivity contribution in [3.05, 3.63) is 28.3 Å². The molecule has 0 N–H and O–H groups in total. The highest BCUT2D eigenvalue weighted by Gasteiger charge is 2.22. The van der Waals surface area contributed by atoms with E-state index in [9.17, 15) is 13.2 Å². The van der Waals surface area contributed by atoms with Gasteiger partial charge in [-0.25, -0.2) is 13.2 Å². The third-order valence-corrected chi connectivity index (χ3v) is 3.90. The summed E-state index contributed by atoms with van der Waals surface area (Å²) in [6.07, 6.45) is 0.999. The zero-order chi connectivity index (χ0) is 14.1. The van der Waals surface area contributed by atoms with Crippen molar-refractivity contribution in [2.75, 3.05) is 13.4 Å². The number of ether oxygens (including phenoxy) is 1. The summed E-state index contributed by atoms with van der Waals surface area (Å²) in [5.41, 5.74) is 1.25. The lowest BCUT2D eigenvalue weighted by atomic mass is 9.98. The minimum atomic E-state index is -3.58. The first kappa shape index (κ1) is 14.2. The first-order valence-electron chi connectivity index (χ1n) is 5.06. The molecule has 0 saturated carbocycles. The Kier molecular flexibility index (Phi) is 3.77. The second-order valence-corrected chi connectivity index (χ2v) is 5.91. The number of methoxy groups -OCH3 is 1. The van der Waals surface area contributed by atoms with Crippen LogP contribution in [0.4, 0.5) is 0 Å². The summed E-state index contributed by atoms with van der Waals surface area (Å²) in [7, 11) is -2.36. The Morgan fingerprint density at radius 1 is 1.33 bits per heavy atom. The van der Waals surface area contributed by atoms with Gasteiger partial charge < -0.3 is 4.74 Å². The van der Waals surface area contributed by atoms with E-state index in [1.165, 1.54) is 13.2 Å². The van der Waals surface area contributed by atoms with Gasteiger partial charge in [0.25, 0.3) is 0 Å². The van der Waals surface area contributed by atoms with Gasteiger partial charge in [0.05, 0.1) is 23.1 Å². The first-order chi connectivity index (χ1) is 8.23. The van der Waals surface area contributed by atoms with Crippen molar-refractivity contribution in [3.63, 3.8) is 0 Å². The van der Waals surface area contributed by atoms with Gasteiger partial charge in [0.2, 0.25) is 0 Å². The van der Waals surface area contributed by atoms with Crippen LogP contribution in [0.1, 0.15) is 27.0 Å². The molecule has 0 atom stereocenters. The van der Waals surface area contributed by atoms with Gasteiger partial charge >= 0.3 is 5.97 Å². The second kappa shape index (κ2) is 4.78. The number of hydrogen-bond acceptors (Lipinski definition) is 5. The number of rotatable bonds is 2. The lowest BCUT2D eigenvalue weighted by molar-refractivity contribution is 0.0599. The molecule has 0 radical (unpaired) electrons. The number of nitriles is 1. The van der Waals surface area contributed by atoms with Crippen LogP contribution in [0.3, 0.4) is 0 Å². The quantitative estimate of drug-likeness (QED) is 0.755. The van der Waals surface area contributed by atoms with E-state index < -0.39 is 15.8 Å². The van der Waals surface area contributed by atoms with Crippen LogP contribution in [0.5, 0.6) is 0 Å². The van der Waals surface area contributed by atoms with Crippen LogP contribution < -0.4 is 0 Å². The van der Waals surface area contributed by atoms with E-state index in [1.807, 2.05) is 6.07 Å². The van der Waals surface area contributed by atoms with E-state index in [0.29, 0.717) is 11.1 Å². The molecule has 0 aliphatic carbocycles. The Morgan fingerprint density at radius 2 is 1.89 bits per heavy atom. The largest absolute Gasteiger partial charge is 0.465 e. The Balaban J connectivity index is 3.80. The van der Waals surface area contributed by atoms with Crippen molar-refractivity contribution in [3.8, 4) is 6.07 Å². The van der Waals surface area contributed by atoms with Crippen LogP contribution in [0.2, 0.25) is 0 Å². The molecule has 1 aromatic rings. The topological polar surface area (TPSA) is 84.2 Å². The molecule has 0 fully saturated rings. The molecule has 96 valence electrons. The van der Waals surface area contributed by atoms with Crippen molar-refractivity contribution >= 4 is 15.8 Å². The number of esters is 1. The SMILES string of the molecule is COC(=O)c1cc(S(C)(=O)=O)c(C#N)c(C)c1C. The number of benzene rings is 1. The highest BCUT2D eigenvalue weighted by atomic mass is 32.2. The van der Waals surface area contributed by atoms with E-state index in [0.717, 1.165) is 6.26 Å². The fourth-order valence-electron chi connectivity index (χ4n) is 1.64. The van der Waals surface area contributed by atoms with Gasteiger partial charge in [-0.15, -0.1) is 0 Å². The molecule has 0 heterocycles. The number of sulfone groups is 1. The van der Waals surface area contributed by atoms with Crippen molar-refractivity contribution in [2.24, 2.45) is 0 Å². The summed E-state index contributed by atoms with van der Waals surface area (Å²) in [5, 5.41) is 9.04. The van der Waals surface area contributed by atoms with Crippen LogP contribution in [0.25, 0.3) is 0 Å². The molecule has 1 rings (SSSR count). The van der Waals surface area contributed by atoms with Crippen LogP contribution in [0.15, 0.2) is 11.0 Å². The van der Waals surface area contributed by atoms with Crippen molar-refractivity contribution in [2.45, 2.75) is 18.7 Å². The van der Waals surface area contributed by atoms with Crippen LogP contribution in [0, 0.1) is 25.2 Å². The van der Waals surface area contributed by atoms with Crippen LogP contribution in [-0.4, -0.2) is 27.8 Å². The number of carbonyl (C=O) groups is 1. The highest BCUT2D eigenvalue weighted by Crippen LogP contribution is 2.25. The molecular formula is C12H13NO4S. The van der Waals surface area contributed by atoms with Crippen molar-refractivity contribution in [1.29, 1.82) is 5.26 Å². The van der Waals surface area contributed by atoms with Gasteiger partial charge in [0.15, 0.2) is 9.84 Å². The third kappa shape index (κ3) is 2.36. The lowest BCUT2D eigenvalue weighted by Gasteiger charge is -2.12. The van der Waals surface area contributed by atoms with Crippen molar-refractivity contribution < 1.29 is 17.9 Å². The fraction of sp³-hybridized carbons (Fsp3) is 0.333. The maximum absolute atomic E-state index is 11.6. The zero-order valence-electron chi connectivity index (χ0n) is 10.6. The summed E-state index contributed by atoms with van der Waals surface area (Å²) in [6.45, 7) is 3.25. The highest BCUT2D eigenvalue weighted by molar-refractivity contribution is 7.90. The number of nitrogens with zero attached hydrogens (tertiary/aromatic N) is 1. The summed E-state index contributed by atoms with van der Waals surface area (Å²) >= 11 is 0. The Hall–Kier alpha value is -1.87. The zero-order valence-corrected chi connectivity index (χ0v) is 11.4. The van der Waals surface area contributed by atoms with Gasteiger partial charge in [0, 0.05) is 6.26 Å². The summed E-state index contributed by atoms with van der Waals surface area (Å²) in [4.78, 5) is 11.4. The number of carbonyl (C=O) groups excluding carboxylic acids is 1. The predicted octanol–water partition coefficient (Wildman–Crippen LogP) is 1.37. The fourth-order valence-corrected chi connectivity index (χ4v) is 2.54. The van der Waals surface area contributed by atoms with Gasteiger partial charge in [-0.05, 0) is 31.0 Å². The smallest absolute Gasteiger partial charge is 0.338 e. The maximum atomic E-state index is 11.6. The summed E-state index contributed by atoms with van der Waals surface area (Å²) in [6, 6.07) is 3.06. The van der Waals surface area contributed by atoms with E-state index >= 15 is 0 Å². The average molecular weight is 267 g/mol. The van der Waals surface area contributed by atoms with E-state index in [1.54, 1.807) is 13.8 Å². The molecule has 1 aromatic carbocycles. The molecule has 0 saturated heterocycles. The van der Waals surface area contributed by atoms with Crippen LogP contribution >= 0.6 is 0 Å². The molecule has 0 bridgehead atoms. The third-order valence-electron chi connectivity index (χ3n) is 2.78. The second-order valence-electron chi connectivity index (χ2n) is 3.92. The van der Waals surface area contributed by atoms with Gasteiger partial charge in [-0.3, -0.25) is 0 Å². The summed E-state index contributed by atoms with van der Waals surface area (Å²) < 4.78 is 27.9. The minimum absolute atomic E-state index is 0.0719. The molecule has 6 heteroatoms. The normalized spacial score (nSPS) is 10.8. The molecule has 18 heavy (non-hydrogen) atoms. The van der Waals surface area contributed by atoms with Gasteiger partial charge in [-0.1, -0.05) is 0 Å². The molecular weight excluding hydrogens is 254 g/mol. The Bertz CT molecular complexity index is 654. The van der Waals surface area contributed by atoms with E-state index in [-0.39, 0.29) is 16.0 Å². The Morgan fingerprint density at radius 3 is 2.28 bits per heavy atom. The van der Waals surface area contributed by atoms with Gasteiger partial charge in [0.1, 0.15) is 6.07 Å². The Labute approximate surface area is 106 Å². The molecule has 0 aromatic heterocycles. The molecule has 0 amide bonds. The van der Waals surface area contributed by atoms with E-state index in [2.05, 4.69) is 4.74 Å². The summed E-state index contributed by atoms with van der Waals surface area (Å²) in [5.74, 6) is -0.620. The molecule has 5 nitrogen and oxygen atoms in total. The lowest BCUT2D eigenvalue weighted by Crippen LogP contribution is -2.11. The van der Waals surface area contributed by atoms with Crippen LogP contribution in [-0.2, 0) is 14.6 Å². The molecule has 0 aliphatic rings. The minimum Gasteiger partial charge on any atom is -0.465 e. The van der Waals surface area contributed by atoms with E-state index in [4.69, 9.17) is 5.26 Å². The maximum Gasteiger partial charge on any atom is 0.338 e. The standard InChI is InChI=1S/C12H13NO4S/c1-7-8(2)10(6-13)11(18(4,15)16)5-9(7)12(14)17-3/h5H,1-4H3. The molecule has 0 unspecified atom stereocenters. The van der Waals surface area contributed by atoms with Crippen molar-refractivity contribution in [1.82, 2.24) is 0 Å². The predicted molar refractivity (Wildman–Crippen MR) is 65.1 cm³/mol. The average Bonchev–Trinajstić information content (AvgIpc) is 2.29. The number of hydrogen-bond donors (Lipinski definition) is 0. The monoisotopic (exact) mass is 267 g/mol. The first-order valence-corrected chi connectivity index (χ1v) is 6.95. The molecule has 0 spiro atoms.